The van der Waals surface area contributed by atoms with Gasteiger partial charge in [0.15, 0.2) is 11.5 Å². The van der Waals surface area contributed by atoms with Gasteiger partial charge < -0.3 is 49.0 Å². The number of carbonyl (C=O) groups is 2. The third-order valence-electron chi connectivity index (χ3n) is 10.9. The zero-order valence-electron chi connectivity index (χ0n) is 31.5. The summed E-state index contributed by atoms with van der Waals surface area (Å²) >= 11 is 0. The second-order valence-electron chi connectivity index (χ2n) is 14.1. The molecule has 2 aromatic carbocycles. The molecule has 2 heterocycles. The lowest BCUT2D eigenvalue weighted by Crippen LogP contribution is -2.69. The summed E-state index contributed by atoms with van der Waals surface area (Å²) in [6.07, 6.45) is 8.17. The molecule has 0 aromatic heterocycles. The maximum Gasteiger partial charge on any atom is 0.412 e. The lowest BCUT2D eigenvalue weighted by molar-refractivity contribution is -0.252. The standard InChI is InChI=1S/C41H53N3O10/c1-5-20-51-41-36(44(4)39(47)27-14-16-34-35(22-27)50-25-49-34)24-32(43-52-7-3)30-21-26(12-8-10-18-45)29(13-9-11-19-46)37(38(30)41)31-23-28(15-17-33(31)54-41)53-40(48)42-6-2/h5,14-17,21-23,26,29,36-38,45-46H,1,6-13,18-20,24-25H2,2-4H3,(H,42,48). The molecule has 292 valence electrons. The van der Waals surface area contributed by atoms with E-state index in [2.05, 4.69) is 18.0 Å². The van der Waals surface area contributed by atoms with Crippen LogP contribution < -0.4 is 24.3 Å². The number of rotatable bonds is 17. The van der Waals surface area contributed by atoms with E-state index in [9.17, 15) is 19.8 Å². The first kappa shape index (κ1) is 39.1. The van der Waals surface area contributed by atoms with Crippen molar-refractivity contribution < 1.29 is 48.3 Å². The smallest absolute Gasteiger partial charge is 0.412 e. The van der Waals surface area contributed by atoms with Crippen LogP contribution in [0, 0.1) is 17.8 Å². The minimum atomic E-state index is -1.41. The Morgan fingerprint density at radius 2 is 1.80 bits per heavy atom. The SMILES string of the molecule is C=CCOC12Oc3ccc(OC(=O)NCC)cc3C3C(CCCCO)C(CCCCO)C=C(C(=NOCC)CC1N(C)C(=O)c1ccc4c(c1)OCO4)C32. The molecule has 1 fully saturated rings. The molecule has 13 heteroatoms. The molecule has 1 saturated carbocycles. The fraction of sp³-hybridized carbons (Fsp3) is 0.537. The van der Waals surface area contributed by atoms with E-state index >= 15 is 0 Å². The van der Waals surface area contributed by atoms with Gasteiger partial charge in [0, 0.05) is 50.3 Å². The Kier molecular flexibility index (Phi) is 12.8. The summed E-state index contributed by atoms with van der Waals surface area (Å²) in [6.45, 7) is 8.83. The highest BCUT2D eigenvalue weighted by Crippen LogP contribution is 2.62. The molecule has 2 aliphatic carbocycles. The summed E-state index contributed by atoms with van der Waals surface area (Å²) < 4.78 is 30.9. The minimum Gasteiger partial charge on any atom is -0.459 e. The summed E-state index contributed by atoms with van der Waals surface area (Å²) in [5.74, 6) is -0.306. The Balaban J connectivity index is 1.55. The van der Waals surface area contributed by atoms with Crippen LogP contribution in [0.5, 0.6) is 23.0 Å². The summed E-state index contributed by atoms with van der Waals surface area (Å²) in [5.41, 5.74) is 2.89. The number of ether oxygens (including phenoxy) is 5. The molecule has 0 spiro atoms. The number of likely N-dealkylation sites (N-methyl/N-ethyl adjacent to an activating group) is 1. The monoisotopic (exact) mass is 747 g/mol. The number of allylic oxidation sites excluding steroid dienone is 1. The Morgan fingerprint density at radius 3 is 2.54 bits per heavy atom. The van der Waals surface area contributed by atoms with Crippen LogP contribution in [0.2, 0.25) is 0 Å². The summed E-state index contributed by atoms with van der Waals surface area (Å²) in [7, 11) is 1.75. The predicted molar refractivity (Wildman–Crippen MR) is 201 cm³/mol. The van der Waals surface area contributed by atoms with E-state index in [-0.39, 0.29) is 56.7 Å². The van der Waals surface area contributed by atoms with E-state index in [1.165, 1.54) is 0 Å². The van der Waals surface area contributed by atoms with Gasteiger partial charge in [-0.05, 0) is 93.3 Å². The Morgan fingerprint density at radius 1 is 1.04 bits per heavy atom. The number of amides is 2. The van der Waals surface area contributed by atoms with Crippen molar-refractivity contribution in [3.05, 3.63) is 71.8 Å². The Labute approximate surface area is 316 Å². The fourth-order valence-electron chi connectivity index (χ4n) is 8.60. The van der Waals surface area contributed by atoms with Gasteiger partial charge in [0.25, 0.3) is 5.91 Å². The lowest BCUT2D eigenvalue weighted by atomic mass is 9.55. The van der Waals surface area contributed by atoms with Crippen LogP contribution in [-0.4, -0.2) is 91.5 Å². The maximum absolute atomic E-state index is 14.5. The molecule has 54 heavy (non-hydrogen) atoms. The van der Waals surface area contributed by atoms with Crippen molar-refractivity contribution in [3.8, 4) is 23.0 Å². The molecule has 0 radical (unpaired) electrons. The lowest BCUT2D eigenvalue weighted by Gasteiger charge is -2.59. The van der Waals surface area contributed by atoms with Crippen LogP contribution in [0.1, 0.15) is 80.6 Å². The first-order valence-electron chi connectivity index (χ1n) is 19.1. The number of unbranched alkanes of at least 4 members (excludes halogenated alkanes) is 2. The highest BCUT2D eigenvalue weighted by molar-refractivity contribution is 6.03. The van der Waals surface area contributed by atoms with E-state index < -0.39 is 23.8 Å². The highest BCUT2D eigenvalue weighted by atomic mass is 16.7. The van der Waals surface area contributed by atoms with Crippen LogP contribution in [0.15, 0.2) is 65.9 Å². The van der Waals surface area contributed by atoms with Gasteiger partial charge in [-0.15, -0.1) is 6.58 Å². The number of fused-ring (bicyclic) bond motifs is 3. The average Bonchev–Trinajstić information content (AvgIpc) is 3.65. The number of hydrogen-bond acceptors (Lipinski definition) is 11. The topological polar surface area (TPSA) is 158 Å². The number of oxime groups is 1. The molecule has 2 aliphatic heterocycles. The van der Waals surface area contributed by atoms with E-state index in [1.807, 2.05) is 26.0 Å². The van der Waals surface area contributed by atoms with Gasteiger partial charge in [0.1, 0.15) is 24.1 Å². The maximum atomic E-state index is 14.5. The number of benzene rings is 2. The molecule has 3 N–H and O–H groups in total. The van der Waals surface area contributed by atoms with Crippen molar-refractivity contribution in [1.82, 2.24) is 10.2 Å². The molecule has 4 aliphatic rings. The molecule has 13 nitrogen and oxygen atoms in total. The van der Waals surface area contributed by atoms with Crippen molar-refractivity contribution in [2.75, 3.05) is 46.8 Å². The molecule has 6 rings (SSSR count). The molecule has 0 bridgehead atoms. The molecule has 2 amide bonds. The van der Waals surface area contributed by atoms with E-state index in [1.54, 1.807) is 42.3 Å². The van der Waals surface area contributed by atoms with Crippen molar-refractivity contribution in [1.29, 1.82) is 0 Å². The summed E-state index contributed by atoms with van der Waals surface area (Å²) in [6, 6.07) is 9.84. The highest BCUT2D eigenvalue weighted by Gasteiger charge is 2.65. The third kappa shape index (κ3) is 7.80. The van der Waals surface area contributed by atoms with Crippen LogP contribution in [0.3, 0.4) is 0 Å². The first-order valence-corrected chi connectivity index (χ1v) is 19.1. The fourth-order valence-corrected chi connectivity index (χ4v) is 8.60. The van der Waals surface area contributed by atoms with Gasteiger partial charge in [-0.1, -0.05) is 30.1 Å². The van der Waals surface area contributed by atoms with Gasteiger partial charge in [-0.25, -0.2) is 4.79 Å². The second kappa shape index (κ2) is 17.7. The quantitative estimate of drug-likeness (QED) is 0.100. The molecule has 2 aromatic rings. The number of aliphatic hydroxyl groups excluding tert-OH is 2. The van der Waals surface area contributed by atoms with Crippen LogP contribution in [-0.2, 0) is 9.57 Å². The van der Waals surface area contributed by atoms with Gasteiger partial charge >= 0.3 is 6.09 Å². The zero-order chi connectivity index (χ0) is 38.2. The van der Waals surface area contributed by atoms with Crippen molar-refractivity contribution in [3.63, 3.8) is 0 Å². The Hall–Kier alpha value is -4.59. The third-order valence-corrected chi connectivity index (χ3v) is 10.9. The van der Waals surface area contributed by atoms with Crippen molar-refractivity contribution in [2.45, 2.75) is 76.5 Å². The number of carbonyl (C=O) groups excluding carboxylic acids is 2. The van der Waals surface area contributed by atoms with Crippen LogP contribution in [0.4, 0.5) is 4.79 Å². The molecular weight excluding hydrogens is 694 g/mol. The number of hydrogen-bond donors (Lipinski definition) is 3. The zero-order valence-corrected chi connectivity index (χ0v) is 31.5. The number of nitrogens with zero attached hydrogens (tertiary/aromatic N) is 2. The normalized spacial score (nSPS) is 25.5. The molecule has 6 unspecified atom stereocenters. The predicted octanol–water partition coefficient (Wildman–Crippen LogP) is 5.95. The summed E-state index contributed by atoms with van der Waals surface area (Å²) in [4.78, 5) is 34.5. The largest absolute Gasteiger partial charge is 0.459 e. The molecule has 6 atom stereocenters. The van der Waals surface area contributed by atoms with Crippen molar-refractivity contribution >= 4 is 17.7 Å². The van der Waals surface area contributed by atoms with Gasteiger partial charge in [-0.2, -0.15) is 0 Å². The Bertz CT molecular complexity index is 1730. The first-order chi connectivity index (χ1) is 26.3. The minimum absolute atomic E-state index is 0.0278. The van der Waals surface area contributed by atoms with Crippen molar-refractivity contribution in [2.24, 2.45) is 22.9 Å². The second-order valence-corrected chi connectivity index (χ2v) is 14.1. The number of aliphatic hydroxyl groups is 2. The average molecular weight is 748 g/mol. The van der Waals surface area contributed by atoms with E-state index in [0.717, 1.165) is 36.8 Å². The number of nitrogens with one attached hydrogen (secondary N) is 1. The molecular formula is C41H53N3O10. The van der Waals surface area contributed by atoms with Crippen LogP contribution in [0.25, 0.3) is 0 Å². The van der Waals surface area contributed by atoms with Gasteiger partial charge in [0.05, 0.1) is 18.2 Å². The van der Waals surface area contributed by atoms with E-state index in [0.29, 0.717) is 60.3 Å². The van der Waals surface area contributed by atoms with Gasteiger partial charge in [0.2, 0.25) is 12.6 Å². The van der Waals surface area contributed by atoms with Crippen LogP contribution >= 0.6 is 0 Å². The van der Waals surface area contributed by atoms with Gasteiger partial charge in [-0.3, -0.25) is 4.79 Å². The molecule has 0 saturated heterocycles. The summed E-state index contributed by atoms with van der Waals surface area (Å²) in [5, 5.41) is 27.0. The van der Waals surface area contributed by atoms with E-state index in [4.69, 9.17) is 33.7 Å².